The van der Waals surface area contributed by atoms with E-state index in [2.05, 4.69) is 39.8 Å². The number of rotatable bonds is 10. The largest absolute Gasteiger partial charge is 0.493 e. The SMILES string of the molecule is Cc1cc(C(C)(C)c2ccc(OC[C@@H](O)CO)cc2)ccc1OC[C@H](C)CCl. The van der Waals surface area contributed by atoms with E-state index < -0.39 is 6.10 Å². The fourth-order valence-corrected chi connectivity index (χ4v) is 2.95. The lowest BCUT2D eigenvalue weighted by Gasteiger charge is -2.27. The molecule has 0 aliphatic heterocycles. The van der Waals surface area contributed by atoms with Gasteiger partial charge in [-0.25, -0.2) is 0 Å². The van der Waals surface area contributed by atoms with Crippen molar-refractivity contribution in [3.63, 3.8) is 0 Å². The number of aryl methyl sites for hydroxylation is 1. The van der Waals surface area contributed by atoms with Crippen molar-refractivity contribution in [1.82, 2.24) is 0 Å². The zero-order valence-electron chi connectivity index (χ0n) is 17.1. The molecular formula is C23H31ClO4. The fraction of sp³-hybridized carbons (Fsp3) is 0.478. The van der Waals surface area contributed by atoms with Crippen molar-refractivity contribution < 1.29 is 19.7 Å². The van der Waals surface area contributed by atoms with Crippen molar-refractivity contribution in [2.45, 2.75) is 39.2 Å². The molecule has 4 nitrogen and oxygen atoms in total. The first kappa shape index (κ1) is 22.5. The maximum Gasteiger partial charge on any atom is 0.122 e. The third kappa shape index (κ3) is 5.87. The summed E-state index contributed by atoms with van der Waals surface area (Å²) in [5, 5.41) is 18.3. The molecule has 154 valence electrons. The van der Waals surface area contributed by atoms with Gasteiger partial charge in [0.05, 0.1) is 13.2 Å². The topological polar surface area (TPSA) is 58.9 Å². The number of hydrogen-bond donors (Lipinski definition) is 2. The summed E-state index contributed by atoms with van der Waals surface area (Å²) >= 11 is 5.85. The molecule has 2 rings (SSSR count). The Morgan fingerprint density at radius 2 is 1.64 bits per heavy atom. The van der Waals surface area contributed by atoms with Crippen LogP contribution in [0.3, 0.4) is 0 Å². The summed E-state index contributed by atoms with van der Waals surface area (Å²) in [5.41, 5.74) is 3.28. The lowest BCUT2D eigenvalue weighted by molar-refractivity contribution is 0.0536. The molecule has 0 fully saturated rings. The highest BCUT2D eigenvalue weighted by Gasteiger charge is 2.24. The first-order valence-corrected chi connectivity index (χ1v) is 10.1. The lowest BCUT2D eigenvalue weighted by Crippen LogP contribution is -2.21. The number of halogens is 1. The van der Waals surface area contributed by atoms with Gasteiger partial charge < -0.3 is 19.7 Å². The van der Waals surface area contributed by atoms with Crippen molar-refractivity contribution in [3.8, 4) is 11.5 Å². The van der Waals surface area contributed by atoms with Crippen LogP contribution < -0.4 is 9.47 Å². The van der Waals surface area contributed by atoms with E-state index in [1.807, 2.05) is 30.3 Å². The second kappa shape index (κ2) is 10.1. The average molecular weight is 407 g/mol. The zero-order valence-corrected chi connectivity index (χ0v) is 17.9. The van der Waals surface area contributed by atoms with Gasteiger partial charge in [0.1, 0.15) is 24.2 Å². The highest BCUT2D eigenvalue weighted by Crippen LogP contribution is 2.34. The van der Waals surface area contributed by atoms with E-state index in [1.165, 1.54) is 5.56 Å². The van der Waals surface area contributed by atoms with Crippen LogP contribution in [-0.4, -0.2) is 42.0 Å². The Morgan fingerprint density at radius 1 is 1.00 bits per heavy atom. The third-order valence-corrected chi connectivity index (χ3v) is 5.44. The summed E-state index contributed by atoms with van der Waals surface area (Å²) < 4.78 is 11.4. The van der Waals surface area contributed by atoms with Crippen molar-refractivity contribution in [3.05, 3.63) is 59.2 Å². The Labute approximate surface area is 173 Å². The standard InChI is InChI=1S/C23H31ClO4/c1-16(12-24)14-28-22-10-7-19(11-17(22)2)23(3,4)18-5-8-21(9-6-18)27-15-20(26)13-25/h5-11,16,20,25-26H,12-15H2,1-4H3/t16-,20+/m1/s1. The lowest BCUT2D eigenvalue weighted by atomic mass is 9.77. The Hall–Kier alpha value is -1.75. The number of ether oxygens (including phenoxy) is 2. The normalized spacial score (nSPS) is 13.8. The van der Waals surface area contributed by atoms with Crippen molar-refractivity contribution in [2.75, 3.05) is 25.7 Å². The van der Waals surface area contributed by atoms with Crippen LogP contribution in [0.25, 0.3) is 0 Å². The summed E-state index contributed by atoms with van der Waals surface area (Å²) in [6.45, 7) is 8.87. The summed E-state index contributed by atoms with van der Waals surface area (Å²) in [4.78, 5) is 0. The van der Waals surface area contributed by atoms with Crippen molar-refractivity contribution >= 4 is 11.6 Å². The first-order valence-electron chi connectivity index (χ1n) is 9.60. The Morgan fingerprint density at radius 3 is 2.21 bits per heavy atom. The monoisotopic (exact) mass is 406 g/mol. The van der Waals surface area contributed by atoms with Crippen LogP contribution >= 0.6 is 11.6 Å². The first-order chi connectivity index (χ1) is 13.3. The summed E-state index contributed by atoms with van der Waals surface area (Å²) in [5.74, 6) is 2.46. The molecule has 0 unspecified atom stereocenters. The number of aliphatic hydroxyl groups is 2. The number of benzene rings is 2. The minimum atomic E-state index is -0.868. The highest BCUT2D eigenvalue weighted by atomic mass is 35.5. The minimum absolute atomic E-state index is 0.0717. The van der Waals surface area contributed by atoms with E-state index in [4.69, 9.17) is 26.2 Å². The van der Waals surface area contributed by atoms with E-state index in [0.29, 0.717) is 24.2 Å². The fourth-order valence-electron chi connectivity index (χ4n) is 2.86. The van der Waals surface area contributed by atoms with E-state index in [1.54, 1.807) is 0 Å². The predicted octanol–water partition coefficient (Wildman–Crippen LogP) is 4.31. The molecule has 0 bridgehead atoms. The summed E-state index contributed by atoms with van der Waals surface area (Å²) in [6.07, 6.45) is -0.868. The second-order valence-corrected chi connectivity index (χ2v) is 8.16. The van der Waals surface area contributed by atoms with Gasteiger partial charge in [0.15, 0.2) is 0 Å². The smallest absolute Gasteiger partial charge is 0.122 e. The van der Waals surface area contributed by atoms with Crippen LogP contribution in [0.15, 0.2) is 42.5 Å². The van der Waals surface area contributed by atoms with E-state index >= 15 is 0 Å². The summed E-state index contributed by atoms with van der Waals surface area (Å²) in [7, 11) is 0. The van der Waals surface area contributed by atoms with E-state index in [0.717, 1.165) is 16.9 Å². The van der Waals surface area contributed by atoms with Gasteiger partial charge >= 0.3 is 0 Å². The van der Waals surface area contributed by atoms with Gasteiger partial charge in [-0.2, -0.15) is 0 Å². The Kier molecular flexibility index (Phi) is 8.17. The molecule has 0 saturated heterocycles. The van der Waals surface area contributed by atoms with Crippen LogP contribution in [0.1, 0.15) is 37.5 Å². The molecule has 0 aromatic heterocycles. The molecule has 0 saturated carbocycles. The van der Waals surface area contributed by atoms with Gasteiger partial charge in [-0.05, 0) is 41.8 Å². The van der Waals surface area contributed by atoms with Crippen LogP contribution in [0, 0.1) is 12.8 Å². The van der Waals surface area contributed by atoms with Crippen LogP contribution in [0.5, 0.6) is 11.5 Å². The van der Waals surface area contributed by atoms with Gasteiger partial charge in [0.25, 0.3) is 0 Å². The predicted molar refractivity (Wildman–Crippen MR) is 114 cm³/mol. The number of hydrogen-bond acceptors (Lipinski definition) is 4. The molecule has 2 aromatic carbocycles. The molecule has 28 heavy (non-hydrogen) atoms. The molecule has 5 heteroatoms. The maximum atomic E-state index is 9.39. The second-order valence-electron chi connectivity index (χ2n) is 7.85. The zero-order chi connectivity index (χ0) is 20.7. The highest BCUT2D eigenvalue weighted by molar-refractivity contribution is 6.18. The average Bonchev–Trinajstić information content (AvgIpc) is 2.70. The molecule has 2 aromatic rings. The quantitative estimate of drug-likeness (QED) is 0.577. The molecule has 0 aliphatic carbocycles. The molecule has 0 amide bonds. The van der Waals surface area contributed by atoms with E-state index in [9.17, 15) is 5.11 Å². The minimum Gasteiger partial charge on any atom is -0.493 e. The molecule has 0 radical (unpaired) electrons. The maximum absolute atomic E-state index is 9.39. The Bertz CT molecular complexity index is 743. The molecular weight excluding hydrogens is 376 g/mol. The van der Waals surface area contributed by atoms with Crippen molar-refractivity contribution in [1.29, 1.82) is 0 Å². The van der Waals surface area contributed by atoms with Gasteiger partial charge in [-0.15, -0.1) is 11.6 Å². The van der Waals surface area contributed by atoms with Gasteiger partial charge in [-0.3, -0.25) is 0 Å². The van der Waals surface area contributed by atoms with Crippen LogP contribution in [-0.2, 0) is 5.41 Å². The molecule has 0 aliphatic rings. The molecule has 0 heterocycles. The van der Waals surface area contributed by atoms with Gasteiger partial charge in [-0.1, -0.05) is 45.0 Å². The molecule has 2 atom stereocenters. The summed E-state index contributed by atoms with van der Waals surface area (Å²) in [6, 6.07) is 14.1. The van der Waals surface area contributed by atoms with Crippen molar-refractivity contribution in [2.24, 2.45) is 5.92 Å². The third-order valence-electron chi connectivity index (χ3n) is 4.91. The van der Waals surface area contributed by atoms with Gasteiger partial charge in [0, 0.05) is 17.2 Å². The molecule has 2 N–H and O–H groups in total. The van der Waals surface area contributed by atoms with Crippen LogP contribution in [0.4, 0.5) is 0 Å². The molecule has 0 spiro atoms. The van der Waals surface area contributed by atoms with Crippen LogP contribution in [0.2, 0.25) is 0 Å². The number of alkyl halides is 1. The number of aliphatic hydroxyl groups excluding tert-OH is 2. The van der Waals surface area contributed by atoms with Gasteiger partial charge in [0.2, 0.25) is 0 Å². The van der Waals surface area contributed by atoms with E-state index in [-0.39, 0.29) is 18.6 Å². The Balaban J connectivity index is 2.11.